The molecule has 0 aromatic rings. The first kappa shape index (κ1) is 12.9. The van der Waals surface area contributed by atoms with E-state index in [-0.39, 0.29) is 11.1 Å². The summed E-state index contributed by atoms with van der Waals surface area (Å²) in [6, 6.07) is 0. The van der Waals surface area contributed by atoms with E-state index in [0.29, 0.717) is 0 Å². The summed E-state index contributed by atoms with van der Waals surface area (Å²) in [5.41, 5.74) is 0.194. The summed E-state index contributed by atoms with van der Waals surface area (Å²) in [5, 5.41) is 0. The Morgan fingerprint density at radius 2 is 2.07 bits per heavy atom. The largest absolute Gasteiger partial charge is 0.385 e. The molecule has 1 aliphatic rings. The van der Waals surface area contributed by atoms with Gasteiger partial charge in [-0.25, -0.2) is 0 Å². The quantitative estimate of drug-likeness (QED) is 0.718. The SMILES string of the molecule is COCCC1(C)CN(C(C)(C)C)CCO1. The Balaban J connectivity index is 2.54. The van der Waals surface area contributed by atoms with Crippen LogP contribution in [0.1, 0.15) is 34.1 Å². The minimum Gasteiger partial charge on any atom is -0.385 e. The fraction of sp³-hybridized carbons (Fsp3) is 1.00. The molecule has 15 heavy (non-hydrogen) atoms. The third kappa shape index (κ3) is 3.74. The maximum absolute atomic E-state index is 5.87. The molecule has 0 aromatic carbocycles. The molecular formula is C12H25NO2. The summed E-state index contributed by atoms with van der Waals surface area (Å²) in [6.07, 6.45) is 0.968. The van der Waals surface area contributed by atoms with Crippen molar-refractivity contribution in [1.29, 1.82) is 0 Å². The van der Waals surface area contributed by atoms with Crippen LogP contribution >= 0.6 is 0 Å². The van der Waals surface area contributed by atoms with E-state index in [0.717, 1.165) is 32.7 Å². The van der Waals surface area contributed by atoms with Crippen LogP contribution in [-0.4, -0.2) is 49.5 Å². The molecular weight excluding hydrogens is 190 g/mol. The fourth-order valence-electron chi connectivity index (χ4n) is 1.97. The van der Waals surface area contributed by atoms with E-state index in [2.05, 4.69) is 32.6 Å². The van der Waals surface area contributed by atoms with Crippen molar-refractivity contribution in [3.8, 4) is 0 Å². The molecule has 90 valence electrons. The van der Waals surface area contributed by atoms with Crippen molar-refractivity contribution < 1.29 is 9.47 Å². The molecule has 0 amide bonds. The predicted molar refractivity (Wildman–Crippen MR) is 62.2 cm³/mol. The zero-order valence-electron chi connectivity index (χ0n) is 10.8. The second kappa shape index (κ2) is 4.81. The third-order valence-corrected chi connectivity index (χ3v) is 3.12. The van der Waals surface area contributed by atoms with Crippen LogP contribution in [0.25, 0.3) is 0 Å². The van der Waals surface area contributed by atoms with Gasteiger partial charge in [0, 0.05) is 38.8 Å². The van der Waals surface area contributed by atoms with E-state index in [4.69, 9.17) is 9.47 Å². The highest BCUT2D eigenvalue weighted by Crippen LogP contribution is 2.26. The summed E-state index contributed by atoms with van der Waals surface area (Å²) in [7, 11) is 1.74. The van der Waals surface area contributed by atoms with Gasteiger partial charge in [0.05, 0.1) is 12.2 Å². The van der Waals surface area contributed by atoms with Crippen LogP contribution < -0.4 is 0 Å². The Kier molecular flexibility index (Phi) is 4.15. The average Bonchev–Trinajstić information content (AvgIpc) is 2.14. The van der Waals surface area contributed by atoms with Gasteiger partial charge >= 0.3 is 0 Å². The van der Waals surface area contributed by atoms with Crippen molar-refractivity contribution in [3.05, 3.63) is 0 Å². The first-order chi connectivity index (χ1) is 6.87. The minimum atomic E-state index is -0.0401. The lowest BCUT2D eigenvalue weighted by Crippen LogP contribution is -2.56. The smallest absolute Gasteiger partial charge is 0.0803 e. The number of nitrogens with zero attached hydrogens (tertiary/aromatic N) is 1. The second-order valence-corrected chi connectivity index (χ2v) is 5.63. The van der Waals surface area contributed by atoms with Crippen molar-refractivity contribution in [1.82, 2.24) is 4.90 Å². The van der Waals surface area contributed by atoms with Gasteiger partial charge < -0.3 is 9.47 Å². The van der Waals surface area contributed by atoms with Crippen LogP contribution in [0, 0.1) is 0 Å². The van der Waals surface area contributed by atoms with Gasteiger partial charge in [-0.05, 0) is 27.7 Å². The summed E-state index contributed by atoms with van der Waals surface area (Å²) in [5.74, 6) is 0. The van der Waals surface area contributed by atoms with Gasteiger partial charge in [0.25, 0.3) is 0 Å². The molecule has 1 rings (SSSR count). The van der Waals surface area contributed by atoms with Gasteiger partial charge in [-0.3, -0.25) is 4.90 Å². The summed E-state index contributed by atoms with van der Waals surface area (Å²) >= 11 is 0. The molecule has 0 bridgehead atoms. The lowest BCUT2D eigenvalue weighted by Gasteiger charge is -2.46. The summed E-state index contributed by atoms with van der Waals surface area (Å²) < 4.78 is 11.0. The number of hydrogen-bond donors (Lipinski definition) is 0. The molecule has 3 nitrogen and oxygen atoms in total. The number of ether oxygens (including phenoxy) is 2. The van der Waals surface area contributed by atoms with Crippen LogP contribution in [0.5, 0.6) is 0 Å². The number of hydrogen-bond acceptors (Lipinski definition) is 3. The highest BCUT2D eigenvalue weighted by molar-refractivity contribution is 4.88. The van der Waals surface area contributed by atoms with E-state index in [1.54, 1.807) is 7.11 Å². The van der Waals surface area contributed by atoms with Crippen LogP contribution in [0.2, 0.25) is 0 Å². The van der Waals surface area contributed by atoms with Gasteiger partial charge in [0.2, 0.25) is 0 Å². The molecule has 1 unspecified atom stereocenters. The zero-order valence-corrected chi connectivity index (χ0v) is 10.8. The molecule has 0 spiro atoms. The average molecular weight is 215 g/mol. The molecule has 1 heterocycles. The molecule has 0 aromatic heterocycles. The molecule has 0 radical (unpaired) electrons. The molecule has 1 saturated heterocycles. The molecule has 1 fully saturated rings. The van der Waals surface area contributed by atoms with Crippen molar-refractivity contribution in [2.24, 2.45) is 0 Å². The Bertz CT molecular complexity index is 200. The lowest BCUT2D eigenvalue weighted by molar-refractivity contribution is -0.127. The molecule has 1 atom stereocenters. The van der Waals surface area contributed by atoms with E-state index < -0.39 is 0 Å². The fourth-order valence-corrected chi connectivity index (χ4v) is 1.97. The molecule has 3 heteroatoms. The monoisotopic (exact) mass is 215 g/mol. The van der Waals surface area contributed by atoms with Crippen LogP contribution in [0.15, 0.2) is 0 Å². The van der Waals surface area contributed by atoms with E-state index >= 15 is 0 Å². The Hall–Kier alpha value is -0.120. The topological polar surface area (TPSA) is 21.7 Å². The van der Waals surface area contributed by atoms with Crippen molar-refractivity contribution in [2.75, 3.05) is 33.4 Å². The van der Waals surface area contributed by atoms with Gasteiger partial charge in [-0.15, -0.1) is 0 Å². The van der Waals surface area contributed by atoms with E-state index in [1.807, 2.05) is 0 Å². The van der Waals surface area contributed by atoms with Crippen molar-refractivity contribution in [2.45, 2.75) is 45.3 Å². The Morgan fingerprint density at radius 3 is 2.60 bits per heavy atom. The first-order valence-corrected chi connectivity index (χ1v) is 5.75. The van der Waals surface area contributed by atoms with Gasteiger partial charge in [0.1, 0.15) is 0 Å². The van der Waals surface area contributed by atoms with E-state index in [1.165, 1.54) is 0 Å². The predicted octanol–water partition coefficient (Wildman–Crippen LogP) is 1.91. The molecule has 0 saturated carbocycles. The number of rotatable bonds is 3. The normalized spacial score (nSPS) is 29.4. The standard InChI is InChI=1S/C12H25NO2/c1-11(2,3)13-7-9-15-12(4,10-13)6-8-14-5/h6-10H2,1-5H3. The van der Waals surface area contributed by atoms with Crippen molar-refractivity contribution >= 4 is 0 Å². The minimum absolute atomic E-state index is 0.0401. The Labute approximate surface area is 93.7 Å². The molecule has 0 aliphatic carbocycles. The van der Waals surface area contributed by atoms with Crippen LogP contribution in [-0.2, 0) is 9.47 Å². The van der Waals surface area contributed by atoms with Crippen molar-refractivity contribution in [3.63, 3.8) is 0 Å². The zero-order chi connectivity index (χ0) is 11.5. The van der Waals surface area contributed by atoms with Crippen LogP contribution in [0.4, 0.5) is 0 Å². The maximum Gasteiger partial charge on any atom is 0.0803 e. The summed E-state index contributed by atoms with van der Waals surface area (Å²) in [6.45, 7) is 12.6. The van der Waals surface area contributed by atoms with Gasteiger partial charge in [-0.2, -0.15) is 0 Å². The second-order valence-electron chi connectivity index (χ2n) is 5.63. The highest BCUT2D eigenvalue weighted by Gasteiger charge is 2.35. The Morgan fingerprint density at radius 1 is 1.40 bits per heavy atom. The number of morpholine rings is 1. The van der Waals surface area contributed by atoms with Crippen LogP contribution in [0.3, 0.4) is 0 Å². The first-order valence-electron chi connectivity index (χ1n) is 5.75. The highest BCUT2D eigenvalue weighted by atomic mass is 16.5. The molecule has 1 aliphatic heterocycles. The van der Waals surface area contributed by atoms with Gasteiger partial charge in [0.15, 0.2) is 0 Å². The maximum atomic E-state index is 5.87. The summed E-state index contributed by atoms with van der Waals surface area (Å²) in [4.78, 5) is 2.49. The molecule has 0 N–H and O–H groups in total. The van der Waals surface area contributed by atoms with Gasteiger partial charge in [-0.1, -0.05) is 0 Å². The third-order valence-electron chi connectivity index (χ3n) is 3.12. The van der Waals surface area contributed by atoms with E-state index in [9.17, 15) is 0 Å². The number of methoxy groups -OCH3 is 1. The lowest BCUT2D eigenvalue weighted by atomic mass is 9.96.